The summed E-state index contributed by atoms with van der Waals surface area (Å²) in [5.41, 5.74) is -0.848. The molecule has 0 aromatic heterocycles. The number of carbonyl (C=O) groups is 2. The zero-order valence-electron chi connectivity index (χ0n) is 13.2. The van der Waals surface area contributed by atoms with Gasteiger partial charge < -0.3 is 15.2 Å². The van der Waals surface area contributed by atoms with E-state index < -0.39 is 11.4 Å². The molecule has 1 rings (SSSR count). The molecular formula is C16H29NO4. The predicted molar refractivity (Wildman–Crippen MR) is 81.1 cm³/mol. The molecule has 0 saturated heterocycles. The van der Waals surface area contributed by atoms with Gasteiger partial charge in [0, 0.05) is 26.2 Å². The van der Waals surface area contributed by atoms with E-state index in [9.17, 15) is 14.7 Å². The van der Waals surface area contributed by atoms with Crippen molar-refractivity contribution in [2.45, 2.75) is 64.7 Å². The molecule has 0 spiro atoms. The van der Waals surface area contributed by atoms with Gasteiger partial charge >= 0.3 is 5.97 Å². The molecule has 1 aliphatic carbocycles. The van der Waals surface area contributed by atoms with Crippen LogP contribution in [0, 0.1) is 5.41 Å². The molecule has 1 fully saturated rings. The Labute approximate surface area is 127 Å². The van der Waals surface area contributed by atoms with Crippen molar-refractivity contribution in [3.63, 3.8) is 0 Å². The van der Waals surface area contributed by atoms with E-state index in [1.54, 1.807) is 0 Å². The van der Waals surface area contributed by atoms with E-state index in [4.69, 9.17) is 4.74 Å². The lowest BCUT2D eigenvalue weighted by Gasteiger charge is -2.27. The molecule has 0 bridgehead atoms. The second-order valence-corrected chi connectivity index (χ2v) is 5.99. The highest BCUT2D eigenvalue weighted by Crippen LogP contribution is 2.38. The molecule has 1 saturated carbocycles. The van der Waals surface area contributed by atoms with Crippen LogP contribution < -0.4 is 5.32 Å². The van der Waals surface area contributed by atoms with Gasteiger partial charge in [0.1, 0.15) is 0 Å². The highest BCUT2D eigenvalue weighted by molar-refractivity contribution is 5.85. The number of ether oxygens (including phenoxy) is 1. The molecular weight excluding hydrogens is 270 g/mol. The quantitative estimate of drug-likeness (QED) is 0.507. The lowest BCUT2D eigenvalue weighted by Crippen LogP contribution is -2.37. The number of aliphatic carboxylic acids is 1. The Bertz CT molecular complexity index is 322. The fraction of sp³-hybridized carbons (Fsp3) is 0.875. The third-order valence-corrected chi connectivity index (χ3v) is 4.15. The smallest absolute Gasteiger partial charge is 0.310 e. The summed E-state index contributed by atoms with van der Waals surface area (Å²) < 4.78 is 5.34. The normalized spacial score (nSPS) is 18.0. The molecule has 2 N–H and O–H groups in total. The van der Waals surface area contributed by atoms with Crippen molar-refractivity contribution in [2.75, 3.05) is 19.8 Å². The number of hydrogen-bond acceptors (Lipinski definition) is 3. The fourth-order valence-corrected chi connectivity index (χ4v) is 2.89. The zero-order chi connectivity index (χ0) is 15.6. The third-order valence-electron chi connectivity index (χ3n) is 4.15. The summed E-state index contributed by atoms with van der Waals surface area (Å²) in [6.07, 6.45) is 7.08. The Kier molecular flexibility index (Phi) is 8.35. The van der Waals surface area contributed by atoms with Crippen molar-refractivity contribution in [1.82, 2.24) is 5.32 Å². The topological polar surface area (TPSA) is 75.6 Å². The van der Waals surface area contributed by atoms with Gasteiger partial charge in [-0.15, -0.1) is 0 Å². The van der Waals surface area contributed by atoms with Crippen LogP contribution in [-0.4, -0.2) is 36.7 Å². The van der Waals surface area contributed by atoms with Crippen LogP contribution in [-0.2, 0) is 14.3 Å². The first-order chi connectivity index (χ1) is 10.1. The van der Waals surface area contributed by atoms with E-state index in [0.29, 0.717) is 26.0 Å². The first-order valence-electron chi connectivity index (χ1n) is 8.18. The fourth-order valence-electron chi connectivity index (χ4n) is 2.89. The Morgan fingerprint density at radius 1 is 1.14 bits per heavy atom. The molecule has 0 aromatic carbocycles. The number of amides is 1. The van der Waals surface area contributed by atoms with E-state index in [0.717, 1.165) is 45.1 Å². The van der Waals surface area contributed by atoms with Crippen LogP contribution in [0.2, 0.25) is 0 Å². The monoisotopic (exact) mass is 299 g/mol. The number of carboxylic acid groups (broad SMARTS) is 1. The standard InChI is InChI=1S/C16H29NO4/c1-2-11-21-12-7-10-17-14(18)13-16(15(19)20)8-5-3-4-6-9-16/h2-13H2,1H3,(H,17,18)(H,19,20). The summed E-state index contributed by atoms with van der Waals surface area (Å²) in [6.45, 7) is 3.99. The van der Waals surface area contributed by atoms with Crippen molar-refractivity contribution in [3.8, 4) is 0 Å². The summed E-state index contributed by atoms with van der Waals surface area (Å²) in [6, 6.07) is 0. The van der Waals surface area contributed by atoms with Gasteiger partial charge in [-0.2, -0.15) is 0 Å². The molecule has 1 amide bonds. The van der Waals surface area contributed by atoms with Crippen molar-refractivity contribution in [2.24, 2.45) is 5.41 Å². The number of hydrogen-bond donors (Lipinski definition) is 2. The highest BCUT2D eigenvalue weighted by Gasteiger charge is 2.40. The van der Waals surface area contributed by atoms with E-state index in [1.807, 2.05) is 0 Å². The van der Waals surface area contributed by atoms with Gasteiger partial charge in [0.05, 0.1) is 5.41 Å². The molecule has 0 aliphatic heterocycles. The van der Waals surface area contributed by atoms with Crippen LogP contribution in [0.5, 0.6) is 0 Å². The highest BCUT2D eigenvalue weighted by atomic mass is 16.5. The van der Waals surface area contributed by atoms with Crippen molar-refractivity contribution in [1.29, 1.82) is 0 Å². The number of rotatable bonds is 9. The molecule has 0 atom stereocenters. The maximum absolute atomic E-state index is 12.0. The molecule has 122 valence electrons. The van der Waals surface area contributed by atoms with Crippen LogP contribution in [0.15, 0.2) is 0 Å². The molecule has 1 aliphatic rings. The van der Waals surface area contributed by atoms with E-state index >= 15 is 0 Å². The molecule has 0 heterocycles. The lowest BCUT2D eigenvalue weighted by atomic mass is 9.77. The second-order valence-electron chi connectivity index (χ2n) is 5.99. The first-order valence-corrected chi connectivity index (χ1v) is 8.18. The number of carbonyl (C=O) groups excluding carboxylic acids is 1. The summed E-state index contributed by atoms with van der Waals surface area (Å²) >= 11 is 0. The molecule has 0 radical (unpaired) electrons. The summed E-state index contributed by atoms with van der Waals surface area (Å²) in [7, 11) is 0. The summed E-state index contributed by atoms with van der Waals surface area (Å²) in [5.74, 6) is -0.958. The Balaban J connectivity index is 2.33. The predicted octanol–water partition coefficient (Wildman–Crippen LogP) is 2.73. The van der Waals surface area contributed by atoms with E-state index in [1.165, 1.54) is 0 Å². The average Bonchev–Trinajstić information content (AvgIpc) is 2.69. The molecule has 5 nitrogen and oxygen atoms in total. The number of carboxylic acids is 1. The van der Waals surface area contributed by atoms with Gasteiger partial charge in [0.25, 0.3) is 0 Å². The van der Waals surface area contributed by atoms with Gasteiger partial charge in [-0.3, -0.25) is 9.59 Å². The van der Waals surface area contributed by atoms with Gasteiger partial charge in [0.2, 0.25) is 5.91 Å². The van der Waals surface area contributed by atoms with Gasteiger partial charge in [-0.1, -0.05) is 32.6 Å². The van der Waals surface area contributed by atoms with E-state index in [-0.39, 0.29) is 12.3 Å². The minimum Gasteiger partial charge on any atom is -0.481 e. The SMILES string of the molecule is CCCOCCCNC(=O)CC1(C(=O)O)CCCCCC1. The maximum atomic E-state index is 12.0. The van der Waals surface area contributed by atoms with Crippen molar-refractivity contribution < 1.29 is 19.4 Å². The largest absolute Gasteiger partial charge is 0.481 e. The Hall–Kier alpha value is -1.10. The van der Waals surface area contributed by atoms with Crippen LogP contribution in [0.4, 0.5) is 0 Å². The summed E-state index contributed by atoms with van der Waals surface area (Å²) in [4.78, 5) is 23.6. The van der Waals surface area contributed by atoms with Gasteiger partial charge in [-0.05, 0) is 25.7 Å². The first kappa shape index (κ1) is 18.0. The van der Waals surface area contributed by atoms with Crippen LogP contribution >= 0.6 is 0 Å². The van der Waals surface area contributed by atoms with Crippen LogP contribution in [0.25, 0.3) is 0 Å². The van der Waals surface area contributed by atoms with Crippen LogP contribution in [0.3, 0.4) is 0 Å². The van der Waals surface area contributed by atoms with Crippen molar-refractivity contribution >= 4 is 11.9 Å². The zero-order valence-corrected chi connectivity index (χ0v) is 13.2. The maximum Gasteiger partial charge on any atom is 0.310 e. The van der Waals surface area contributed by atoms with Crippen LogP contribution in [0.1, 0.15) is 64.7 Å². The van der Waals surface area contributed by atoms with Crippen molar-refractivity contribution in [3.05, 3.63) is 0 Å². The minimum absolute atomic E-state index is 0.109. The van der Waals surface area contributed by atoms with Gasteiger partial charge in [-0.25, -0.2) is 0 Å². The molecule has 0 unspecified atom stereocenters. The number of nitrogens with one attached hydrogen (secondary N) is 1. The lowest BCUT2D eigenvalue weighted by molar-refractivity contribution is -0.152. The van der Waals surface area contributed by atoms with E-state index in [2.05, 4.69) is 12.2 Å². The summed E-state index contributed by atoms with van der Waals surface area (Å²) in [5, 5.41) is 12.4. The molecule has 5 heteroatoms. The Morgan fingerprint density at radius 3 is 2.38 bits per heavy atom. The molecule has 21 heavy (non-hydrogen) atoms. The van der Waals surface area contributed by atoms with Gasteiger partial charge in [0.15, 0.2) is 0 Å². The average molecular weight is 299 g/mol. The third kappa shape index (κ3) is 6.46. The minimum atomic E-state index is -0.848. The molecule has 0 aromatic rings. The second kappa shape index (κ2) is 9.77. The Morgan fingerprint density at radius 2 is 1.81 bits per heavy atom.